The molecule has 2 amide bonds. The third-order valence-corrected chi connectivity index (χ3v) is 5.05. The van der Waals surface area contributed by atoms with Gasteiger partial charge in [0, 0.05) is 36.4 Å². The van der Waals surface area contributed by atoms with Gasteiger partial charge in [0.15, 0.2) is 0 Å². The summed E-state index contributed by atoms with van der Waals surface area (Å²) in [7, 11) is 0. The van der Waals surface area contributed by atoms with Gasteiger partial charge in [0.05, 0.1) is 17.9 Å². The van der Waals surface area contributed by atoms with Crippen LogP contribution in [0.3, 0.4) is 0 Å². The van der Waals surface area contributed by atoms with Gasteiger partial charge in [-0.05, 0) is 23.8 Å². The van der Waals surface area contributed by atoms with Gasteiger partial charge >= 0.3 is 0 Å². The summed E-state index contributed by atoms with van der Waals surface area (Å²) >= 11 is 0. The number of carbonyl (C=O) groups is 2. The highest BCUT2D eigenvalue weighted by Gasteiger charge is 2.15. The summed E-state index contributed by atoms with van der Waals surface area (Å²) in [6.45, 7) is 2.12. The molecule has 0 saturated carbocycles. The number of benzene rings is 3. The van der Waals surface area contributed by atoms with Crippen molar-refractivity contribution in [2.45, 2.75) is 20.0 Å². The lowest BCUT2D eigenvalue weighted by atomic mass is 10.1. The van der Waals surface area contributed by atoms with E-state index in [1.54, 1.807) is 0 Å². The summed E-state index contributed by atoms with van der Waals surface area (Å²) in [4.78, 5) is 23.8. The Morgan fingerprint density at radius 2 is 1.67 bits per heavy atom. The maximum Gasteiger partial charge on any atom is 0.251 e. The summed E-state index contributed by atoms with van der Waals surface area (Å²) in [6.07, 6.45) is 1.91. The quantitative estimate of drug-likeness (QED) is 0.438. The lowest BCUT2D eigenvalue weighted by Gasteiger charge is -2.08. The Hall–Kier alpha value is -4.26. The van der Waals surface area contributed by atoms with Crippen LogP contribution in [0.15, 0.2) is 85.1 Å². The van der Waals surface area contributed by atoms with Crippen LogP contribution in [-0.4, -0.2) is 21.6 Å². The molecule has 0 bridgehead atoms. The van der Waals surface area contributed by atoms with Crippen LogP contribution in [0.2, 0.25) is 0 Å². The van der Waals surface area contributed by atoms with Crippen molar-refractivity contribution in [3.05, 3.63) is 108 Å². The van der Waals surface area contributed by atoms with Crippen LogP contribution in [-0.2, 0) is 17.9 Å². The lowest BCUT2D eigenvalue weighted by Crippen LogP contribution is -2.23. The Morgan fingerprint density at radius 3 is 2.33 bits per heavy atom. The molecule has 0 radical (unpaired) electrons. The minimum atomic E-state index is -0.668. The Balaban J connectivity index is 1.53. The molecule has 7 heteroatoms. The summed E-state index contributed by atoms with van der Waals surface area (Å²) in [6, 6.07) is 23.7. The highest BCUT2D eigenvalue weighted by atomic mass is 19.1. The summed E-state index contributed by atoms with van der Waals surface area (Å²) in [5, 5.41) is 9.98. The molecule has 0 unspecified atom stereocenters. The van der Waals surface area contributed by atoms with Crippen molar-refractivity contribution in [3.63, 3.8) is 0 Å². The fraction of sp³-hybridized carbons (Fsp3) is 0.115. The van der Waals surface area contributed by atoms with Gasteiger partial charge in [0.25, 0.3) is 5.91 Å². The van der Waals surface area contributed by atoms with E-state index < -0.39 is 11.7 Å². The molecule has 0 saturated heterocycles. The third-order valence-electron chi connectivity index (χ3n) is 5.05. The van der Waals surface area contributed by atoms with E-state index in [0.717, 1.165) is 28.5 Å². The highest BCUT2D eigenvalue weighted by Crippen LogP contribution is 2.23. The van der Waals surface area contributed by atoms with Gasteiger partial charge in [0.1, 0.15) is 5.82 Å². The van der Waals surface area contributed by atoms with Gasteiger partial charge in [-0.25, -0.2) is 4.39 Å². The van der Waals surface area contributed by atoms with E-state index in [9.17, 15) is 14.0 Å². The second-order valence-electron chi connectivity index (χ2n) is 7.61. The Labute approximate surface area is 191 Å². The first kappa shape index (κ1) is 22.0. The zero-order chi connectivity index (χ0) is 23.2. The summed E-state index contributed by atoms with van der Waals surface area (Å²) < 4.78 is 16.1. The molecule has 0 aliphatic heterocycles. The number of nitrogens with zero attached hydrogens (tertiary/aromatic N) is 2. The number of hydrogen-bond donors (Lipinski definition) is 2. The van der Waals surface area contributed by atoms with Gasteiger partial charge in [-0.2, -0.15) is 5.10 Å². The average Bonchev–Trinajstić information content (AvgIpc) is 3.22. The number of rotatable bonds is 7. The van der Waals surface area contributed by atoms with Gasteiger partial charge < -0.3 is 10.6 Å². The lowest BCUT2D eigenvalue weighted by molar-refractivity contribution is -0.114. The van der Waals surface area contributed by atoms with Gasteiger partial charge in [0.2, 0.25) is 5.91 Å². The number of hydrogen-bond acceptors (Lipinski definition) is 3. The van der Waals surface area contributed by atoms with E-state index in [-0.39, 0.29) is 23.7 Å². The molecule has 33 heavy (non-hydrogen) atoms. The van der Waals surface area contributed by atoms with Crippen molar-refractivity contribution in [2.75, 3.05) is 5.32 Å². The van der Waals surface area contributed by atoms with Crippen LogP contribution in [0.25, 0.3) is 11.3 Å². The van der Waals surface area contributed by atoms with Crippen LogP contribution >= 0.6 is 0 Å². The van der Waals surface area contributed by atoms with Crippen molar-refractivity contribution >= 4 is 17.5 Å². The standard InChI is InChI=1S/C26H23FN4O2/c1-18(32)29-24-13-12-21(14-23(24)27)26(33)28-15-22-17-31(16-19-8-4-2-5-9-19)30-25(22)20-10-6-3-7-11-20/h2-14,17H,15-16H2,1H3,(H,28,33)(H,29,32). The predicted molar refractivity (Wildman–Crippen MR) is 125 cm³/mol. The molecule has 1 heterocycles. The van der Waals surface area contributed by atoms with Crippen molar-refractivity contribution in [3.8, 4) is 11.3 Å². The van der Waals surface area contributed by atoms with E-state index in [1.165, 1.54) is 19.1 Å². The maximum atomic E-state index is 14.2. The van der Waals surface area contributed by atoms with Crippen molar-refractivity contribution < 1.29 is 14.0 Å². The van der Waals surface area contributed by atoms with E-state index in [0.29, 0.717) is 6.54 Å². The molecule has 0 spiro atoms. The molecule has 6 nitrogen and oxygen atoms in total. The molecule has 0 fully saturated rings. The molecule has 3 aromatic carbocycles. The normalized spacial score (nSPS) is 10.6. The Kier molecular flexibility index (Phi) is 6.59. The number of nitrogens with one attached hydrogen (secondary N) is 2. The average molecular weight is 442 g/mol. The number of halogens is 1. The zero-order valence-electron chi connectivity index (χ0n) is 18.1. The number of aromatic nitrogens is 2. The minimum absolute atomic E-state index is 0.0348. The second kappa shape index (κ2) is 9.91. The van der Waals surface area contributed by atoms with E-state index >= 15 is 0 Å². The van der Waals surface area contributed by atoms with Crippen LogP contribution in [0.1, 0.15) is 28.4 Å². The van der Waals surface area contributed by atoms with Crippen molar-refractivity contribution in [1.82, 2.24) is 15.1 Å². The first-order valence-electron chi connectivity index (χ1n) is 10.5. The van der Waals surface area contributed by atoms with Crippen LogP contribution in [0.5, 0.6) is 0 Å². The topological polar surface area (TPSA) is 76.0 Å². The van der Waals surface area contributed by atoms with Crippen LogP contribution < -0.4 is 10.6 Å². The predicted octanol–water partition coefficient (Wildman–Crippen LogP) is 4.63. The molecule has 0 aliphatic rings. The van der Waals surface area contributed by atoms with Gasteiger partial charge in [-0.15, -0.1) is 0 Å². The summed E-state index contributed by atoms with van der Waals surface area (Å²) in [5.41, 5.74) is 3.89. The molecular weight excluding hydrogens is 419 g/mol. The monoisotopic (exact) mass is 442 g/mol. The first-order valence-corrected chi connectivity index (χ1v) is 10.5. The molecule has 0 aliphatic carbocycles. The highest BCUT2D eigenvalue weighted by molar-refractivity contribution is 5.95. The summed E-state index contributed by atoms with van der Waals surface area (Å²) in [5.74, 6) is -1.47. The first-order chi connectivity index (χ1) is 16.0. The largest absolute Gasteiger partial charge is 0.348 e. The molecule has 0 atom stereocenters. The third kappa shape index (κ3) is 5.51. The zero-order valence-corrected chi connectivity index (χ0v) is 18.1. The maximum absolute atomic E-state index is 14.2. The molecule has 4 rings (SSSR count). The van der Waals surface area contributed by atoms with Crippen molar-refractivity contribution in [2.24, 2.45) is 0 Å². The Morgan fingerprint density at radius 1 is 0.970 bits per heavy atom. The molecule has 2 N–H and O–H groups in total. The van der Waals surface area contributed by atoms with E-state index in [2.05, 4.69) is 10.6 Å². The van der Waals surface area contributed by atoms with E-state index in [1.807, 2.05) is 71.5 Å². The molecular formula is C26H23FN4O2. The fourth-order valence-electron chi connectivity index (χ4n) is 3.51. The molecule has 4 aromatic rings. The molecule has 1 aromatic heterocycles. The second-order valence-corrected chi connectivity index (χ2v) is 7.61. The number of amides is 2. The minimum Gasteiger partial charge on any atom is -0.348 e. The SMILES string of the molecule is CC(=O)Nc1ccc(C(=O)NCc2cn(Cc3ccccc3)nc2-c2ccccc2)cc1F. The van der Waals surface area contributed by atoms with Crippen LogP contribution in [0, 0.1) is 5.82 Å². The van der Waals surface area contributed by atoms with Gasteiger partial charge in [-0.3, -0.25) is 14.3 Å². The number of anilines is 1. The number of carbonyl (C=O) groups excluding carboxylic acids is 2. The van der Waals surface area contributed by atoms with Crippen molar-refractivity contribution in [1.29, 1.82) is 0 Å². The van der Waals surface area contributed by atoms with Gasteiger partial charge in [-0.1, -0.05) is 60.7 Å². The molecule has 166 valence electrons. The Bertz CT molecular complexity index is 1270. The van der Waals surface area contributed by atoms with Crippen LogP contribution in [0.4, 0.5) is 10.1 Å². The van der Waals surface area contributed by atoms with E-state index in [4.69, 9.17) is 5.10 Å². The fourth-order valence-corrected chi connectivity index (χ4v) is 3.51. The smallest absolute Gasteiger partial charge is 0.251 e.